The van der Waals surface area contributed by atoms with Crippen LogP contribution in [0.4, 0.5) is 4.39 Å². The molecule has 4 nitrogen and oxygen atoms in total. The van der Waals surface area contributed by atoms with Crippen LogP contribution in [0.3, 0.4) is 0 Å². The van der Waals surface area contributed by atoms with Crippen molar-refractivity contribution in [1.29, 1.82) is 0 Å². The van der Waals surface area contributed by atoms with Crippen LogP contribution in [0.15, 0.2) is 53.1 Å². The molecular weight excluding hydrogens is 285 g/mol. The first-order chi connectivity index (χ1) is 10.7. The summed E-state index contributed by atoms with van der Waals surface area (Å²) < 4.78 is 24.1. The highest BCUT2D eigenvalue weighted by Gasteiger charge is 2.13. The smallest absolute Gasteiger partial charge is 0.251 e. The number of ether oxygens (including phenoxy) is 1. The molecule has 0 unspecified atom stereocenters. The van der Waals surface area contributed by atoms with Crippen molar-refractivity contribution in [2.45, 2.75) is 6.54 Å². The van der Waals surface area contributed by atoms with E-state index in [-0.39, 0.29) is 18.3 Å². The van der Waals surface area contributed by atoms with Crippen LogP contribution in [0.25, 0.3) is 11.0 Å². The average molecular weight is 299 g/mol. The number of halogens is 1. The fourth-order valence-electron chi connectivity index (χ4n) is 2.26. The Morgan fingerprint density at radius 3 is 2.86 bits per heavy atom. The molecule has 5 heteroatoms. The molecule has 0 radical (unpaired) electrons. The number of furan rings is 1. The summed E-state index contributed by atoms with van der Waals surface area (Å²) in [6.45, 7) is 0.115. The Hall–Kier alpha value is -2.82. The summed E-state index contributed by atoms with van der Waals surface area (Å²) in [6.07, 6.45) is 1.54. The zero-order valence-electron chi connectivity index (χ0n) is 11.9. The van der Waals surface area contributed by atoms with Gasteiger partial charge in [-0.1, -0.05) is 18.2 Å². The molecule has 1 aromatic heterocycles. The maximum absolute atomic E-state index is 13.5. The van der Waals surface area contributed by atoms with E-state index in [2.05, 4.69) is 5.32 Å². The van der Waals surface area contributed by atoms with Gasteiger partial charge in [-0.3, -0.25) is 4.79 Å². The third-order valence-electron chi connectivity index (χ3n) is 3.41. The van der Waals surface area contributed by atoms with Gasteiger partial charge in [0.1, 0.15) is 17.1 Å². The van der Waals surface area contributed by atoms with Crippen LogP contribution >= 0.6 is 0 Å². The van der Waals surface area contributed by atoms with Gasteiger partial charge in [0, 0.05) is 17.7 Å². The molecule has 3 rings (SSSR count). The van der Waals surface area contributed by atoms with Crippen molar-refractivity contribution in [3.63, 3.8) is 0 Å². The van der Waals surface area contributed by atoms with Crippen LogP contribution in [0.5, 0.6) is 5.75 Å². The van der Waals surface area contributed by atoms with Crippen molar-refractivity contribution in [2.75, 3.05) is 7.11 Å². The molecule has 1 amide bonds. The second kappa shape index (κ2) is 5.89. The summed E-state index contributed by atoms with van der Waals surface area (Å²) in [7, 11) is 1.53. The molecule has 1 heterocycles. The first kappa shape index (κ1) is 14.1. The van der Waals surface area contributed by atoms with Crippen LogP contribution in [0.1, 0.15) is 15.9 Å². The molecule has 0 saturated heterocycles. The lowest BCUT2D eigenvalue weighted by Gasteiger charge is -2.08. The molecule has 2 aromatic carbocycles. The Bertz CT molecular complexity index is 826. The lowest BCUT2D eigenvalue weighted by molar-refractivity contribution is 0.0950. The second-order valence-corrected chi connectivity index (χ2v) is 4.79. The Kier molecular flexibility index (Phi) is 3.78. The maximum atomic E-state index is 13.5. The number of methoxy groups -OCH3 is 1. The number of hydrogen-bond donors (Lipinski definition) is 1. The van der Waals surface area contributed by atoms with E-state index < -0.39 is 0 Å². The summed E-state index contributed by atoms with van der Waals surface area (Å²) >= 11 is 0. The molecule has 3 aromatic rings. The van der Waals surface area contributed by atoms with Crippen molar-refractivity contribution in [2.24, 2.45) is 0 Å². The zero-order valence-corrected chi connectivity index (χ0v) is 11.9. The first-order valence-corrected chi connectivity index (χ1v) is 6.76. The molecule has 0 fully saturated rings. The van der Waals surface area contributed by atoms with Crippen molar-refractivity contribution in [1.82, 2.24) is 5.32 Å². The third kappa shape index (κ3) is 2.65. The van der Waals surface area contributed by atoms with Crippen molar-refractivity contribution in [3.05, 3.63) is 65.7 Å². The maximum Gasteiger partial charge on any atom is 0.251 e. The minimum absolute atomic E-state index is 0.115. The molecule has 0 bridgehead atoms. The van der Waals surface area contributed by atoms with Crippen molar-refractivity contribution >= 4 is 16.9 Å². The minimum Gasteiger partial charge on any atom is -0.496 e. The third-order valence-corrected chi connectivity index (χ3v) is 3.41. The molecule has 0 saturated carbocycles. The number of fused-ring (bicyclic) bond motifs is 1. The van der Waals surface area contributed by atoms with E-state index in [9.17, 15) is 9.18 Å². The number of rotatable bonds is 4. The summed E-state index contributed by atoms with van der Waals surface area (Å²) in [5.41, 5.74) is 1.40. The van der Waals surface area contributed by atoms with Gasteiger partial charge in [0.15, 0.2) is 0 Å². The monoisotopic (exact) mass is 299 g/mol. The van der Waals surface area contributed by atoms with Gasteiger partial charge in [0.05, 0.1) is 18.8 Å². The number of carbonyl (C=O) groups excluding carboxylic acids is 1. The molecule has 0 aliphatic carbocycles. The Balaban J connectivity index is 1.82. The highest BCUT2D eigenvalue weighted by molar-refractivity contribution is 5.99. The molecule has 1 N–H and O–H groups in total. The fourth-order valence-corrected chi connectivity index (χ4v) is 2.26. The first-order valence-electron chi connectivity index (χ1n) is 6.76. The highest BCUT2D eigenvalue weighted by Crippen LogP contribution is 2.28. The molecule has 0 aliphatic rings. The van der Waals surface area contributed by atoms with E-state index in [1.54, 1.807) is 36.4 Å². The zero-order chi connectivity index (χ0) is 15.5. The van der Waals surface area contributed by atoms with Gasteiger partial charge in [-0.15, -0.1) is 0 Å². The molecule has 0 spiro atoms. The molecule has 112 valence electrons. The molecular formula is C17H14FNO3. The van der Waals surface area contributed by atoms with Gasteiger partial charge in [-0.2, -0.15) is 0 Å². The lowest BCUT2D eigenvalue weighted by Crippen LogP contribution is -2.23. The van der Waals surface area contributed by atoms with Gasteiger partial charge in [-0.25, -0.2) is 4.39 Å². The number of amides is 1. The molecule has 22 heavy (non-hydrogen) atoms. The quantitative estimate of drug-likeness (QED) is 0.802. The molecule has 0 aliphatic heterocycles. The largest absolute Gasteiger partial charge is 0.496 e. The standard InChI is InChI=1S/C17H14FNO3/c1-21-15-8-12(9-16-13(15)6-7-22-16)17(20)19-10-11-4-2-3-5-14(11)18/h2-9H,10H2,1H3,(H,19,20). The fraction of sp³-hybridized carbons (Fsp3) is 0.118. The van der Waals surface area contributed by atoms with Crippen LogP contribution in [-0.2, 0) is 6.54 Å². The van der Waals surface area contributed by atoms with Crippen LogP contribution in [-0.4, -0.2) is 13.0 Å². The number of nitrogens with one attached hydrogen (secondary N) is 1. The number of benzene rings is 2. The SMILES string of the molecule is COc1cc(C(=O)NCc2ccccc2F)cc2occc12. The van der Waals surface area contributed by atoms with Gasteiger partial charge >= 0.3 is 0 Å². The van der Waals surface area contributed by atoms with E-state index in [0.29, 0.717) is 22.5 Å². The summed E-state index contributed by atoms with van der Waals surface area (Å²) in [4.78, 5) is 12.2. The minimum atomic E-state index is -0.345. The van der Waals surface area contributed by atoms with Gasteiger partial charge in [0.25, 0.3) is 5.91 Å². The van der Waals surface area contributed by atoms with Gasteiger partial charge < -0.3 is 14.5 Å². The lowest BCUT2D eigenvalue weighted by atomic mass is 10.1. The van der Waals surface area contributed by atoms with E-state index in [4.69, 9.17) is 9.15 Å². The highest BCUT2D eigenvalue weighted by atomic mass is 19.1. The summed E-state index contributed by atoms with van der Waals surface area (Å²) in [6, 6.07) is 11.4. The van der Waals surface area contributed by atoms with Crippen LogP contribution in [0.2, 0.25) is 0 Å². The van der Waals surface area contributed by atoms with E-state index in [1.165, 1.54) is 19.4 Å². The molecule has 0 atom stereocenters. The van der Waals surface area contributed by atoms with Crippen molar-refractivity contribution < 1.29 is 18.3 Å². The van der Waals surface area contributed by atoms with Gasteiger partial charge in [0.2, 0.25) is 0 Å². The second-order valence-electron chi connectivity index (χ2n) is 4.79. The van der Waals surface area contributed by atoms with Gasteiger partial charge in [-0.05, 0) is 24.3 Å². The predicted octanol–water partition coefficient (Wildman–Crippen LogP) is 3.51. The predicted molar refractivity (Wildman–Crippen MR) is 80.3 cm³/mol. The Labute approximate surface area is 126 Å². The average Bonchev–Trinajstić information content (AvgIpc) is 3.01. The Morgan fingerprint density at radius 2 is 2.09 bits per heavy atom. The van der Waals surface area contributed by atoms with Crippen LogP contribution < -0.4 is 10.1 Å². The van der Waals surface area contributed by atoms with E-state index in [0.717, 1.165) is 5.39 Å². The summed E-state index contributed by atoms with van der Waals surface area (Å²) in [5, 5.41) is 3.49. The number of hydrogen-bond acceptors (Lipinski definition) is 3. The Morgan fingerprint density at radius 1 is 1.27 bits per heavy atom. The van der Waals surface area contributed by atoms with E-state index >= 15 is 0 Å². The van der Waals surface area contributed by atoms with E-state index in [1.807, 2.05) is 0 Å². The summed E-state index contributed by atoms with van der Waals surface area (Å²) in [5.74, 6) is -0.107. The normalized spacial score (nSPS) is 10.6. The van der Waals surface area contributed by atoms with Crippen molar-refractivity contribution in [3.8, 4) is 5.75 Å². The van der Waals surface area contributed by atoms with Crippen LogP contribution in [0, 0.1) is 5.82 Å². The topological polar surface area (TPSA) is 51.5 Å². The number of carbonyl (C=O) groups is 1.